The fraction of sp³-hybridized carbons (Fsp3) is 0.154. The molecule has 98 valence electrons. The molecule has 0 aliphatic rings. The minimum Gasteiger partial charge on any atom is -0.355 e. The summed E-state index contributed by atoms with van der Waals surface area (Å²) in [4.78, 5) is 23.6. The average Bonchev–Trinajstić information content (AvgIpc) is 3.08. The molecule has 0 saturated carbocycles. The van der Waals surface area contributed by atoms with Crippen molar-refractivity contribution in [3.63, 3.8) is 0 Å². The molecular formula is C13H12N2O3S. The van der Waals surface area contributed by atoms with Crippen molar-refractivity contribution in [1.29, 1.82) is 0 Å². The number of hydrogen-bond acceptors (Lipinski definition) is 5. The van der Waals surface area contributed by atoms with Gasteiger partial charge in [0.25, 0.3) is 5.91 Å². The standard InChI is InChI=1S/C13H12N2O3S/c1-2-9(16)5-6-14-13(17)10-8-11(18-15-10)12-4-3-7-19-12/h2-4,7-8H,1,5-6H2,(H,14,17). The molecule has 0 aliphatic carbocycles. The topological polar surface area (TPSA) is 72.2 Å². The van der Waals surface area contributed by atoms with Gasteiger partial charge < -0.3 is 9.84 Å². The van der Waals surface area contributed by atoms with Crippen LogP contribution in [0.15, 0.2) is 40.8 Å². The van der Waals surface area contributed by atoms with Crippen LogP contribution in [0.3, 0.4) is 0 Å². The van der Waals surface area contributed by atoms with E-state index in [4.69, 9.17) is 4.52 Å². The molecule has 0 radical (unpaired) electrons. The van der Waals surface area contributed by atoms with Crippen LogP contribution in [-0.2, 0) is 4.79 Å². The van der Waals surface area contributed by atoms with E-state index in [0.717, 1.165) is 4.88 Å². The maximum atomic E-state index is 11.7. The van der Waals surface area contributed by atoms with Gasteiger partial charge in [0.15, 0.2) is 17.2 Å². The highest BCUT2D eigenvalue weighted by atomic mass is 32.1. The van der Waals surface area contributed by atoms with Gasteiger partial charge in [-0.25, -0.2) is 0 Å². The Kier molecular flexibility index (Phi) is 4.25. The number of nitrogens with one attached hydrogen (secondary N) is 1. The number of aromatic nitrogens is 1. The lowest BCUT2D eigenvalue weighted by Gasteiger charge is -1.99. The minimum absolute atomic E-state index is 0.111. The van der Waals surface area contributed by atoms with Crippen molar-refractivity contribution in [3.8, 4) is 10.6 Å². The molecule has 2 rings (SSSR count). The number of allylic oxidation sites excluding steroid dienone is 1. The molecular weight excluding hydrogens is 264 g/mol. The maximum absolute atomic E-state index is 11.7. The lowest BCUT2D eigenvalue weighted by molar-refractivity contribution is -0.114. The van der Waals surface area contributed by atoms with Gasteiger partial charge in [0, 0.05) is 19.0 Å². The third-order valence-electron chi connectivity index (χ3n) is 2.39. The molecule has 1 amide bonds. The Balaban J connectivity index is 1.93. The predicted molar refractivity (Wildman–Crippen MR) is 72.0 cm³/mol. The van der Waals surface area contributed by atoms with Crippen LogP contribution >= 0.6 is 11.3 Å². The third-order valence-corrected chi connectivity index (χ3v) is 3.28. The van der Waals surface area contributed by atoms with Gasteiger partial charge in [0.1, 0.15) is 0 Å². The van der Waals surface area contributed by atoms with Crippen LogP contribution < -0.4 is 5.32 Å². The molecule has 5 nitrogen and oxygen atoms in total. The Morgan fingerprint density at radius 3 is 3.05 bits per heavy atom. The van der Waals surface area contributed by atoms with E-state index in [1.54, 1.807) is 6.07 Å². The van der Waals surface area contributed by atoms with Crippen molar-refractivity contribution in [2.45, 2.75) is 6.42 Å². The molecule has 19 heavy (non-hydrogen) atoms. The van der Waals surface area contributed by atoms with E-state index in [0.29, 0.717) is 5.76 Å². The molecule has 0 aliphatic heterocycles. The second-order valence-corrected chi connectivity index (χ2v) is 4.68. The number of thiophene rings is 1. The highest BCUT2D eigenvalue weighted by molar-refractivity contribution is 7.13. The molecule has 2 aromatic heterocycles. The van der Waals surface area contributed by atoms with Gasteiger partial charge >= 0.3 is 0 Å². The van der Waals surface area contributed by atoms with Crippen LogP contribution in [-0.4, -0.2) is 23.4 Å². The quantitative estimate of drug-likeness (QED) is 0.821. The second kappa shape index (κ2) is 6.10. The van der Waals surface area contributed by atoms with Crippen molar-refractivity contribution >= 4 is 23.0 Å². The molecule has 0 saturated heterocycles. The molecule has 2 heterocycles. The van der Waals surface area contributed by atoms with Gasteiger partial charge in [-0.2, -0.15) is 0 Å². The first kappa shape index (κ1) is 13.2. The molecule has 0 atom stereocenters. The lowest BCUT2D eigenvalue weighted by atomic mass is 10.2. The number of carbonyl (C=O) groups is 2. The van der Waals surface area contributed by atoms with Crippen molar-refractivity contribution in [2.24, 2.45) is 0 Å². The van der Waals surface area contributed by atoms with Crippen LogP contribution in [0.25, 0.3) is 10.6 Å². The van der Waals surface area contributed by atoms with Crippen LogP contribution in [0.5, 0.6) is 0 Å². The highest BCUT2D eigenvalue weighted by Crippen LogP contribution is 2.24. The maximum Gasteiger partial charge on any atom is 0.273 e. The Labute approximate surface area is 113 Å². The van der Waals surface area contributed by atoms with Gasteiger partial charge in [-0.1, -0.05) is 17.8 Å². The minimum atomic E-state index is -0.358. The number of nitrogens with zero attached hydrogens (tertiary/aromatic N) is 1. The van der Waals surface area contributed by atoms with Gasteiger partial charge in [-0.05, 0) is 17.5 Å². The first-order chi connectivity index (χ1) is 9.20. The molecule has 2 aromatic rings. The fourth-order valence-electron chi connectivity index (χ4n) is 1.41. The summed E-state index contributed by atoms with van der Waals surface area (Å²) in [6, 6.07) is 5.36. The highest BCUT2D eigenvalue weighted by Gasteiger charge is 2.13. The van der Waals surface area contributed by atoms with Gasteiger partial charge in [0.05, 0.1) is 4.88 Å². The smallest absolute Gasteiger partial charge is 0.273 e. The summed E-state index contributed by atoms with van der Waals surface area (Å²) >= 11 is 1.50. The number of ketones is 1. The second-order valence-electron chi connectivity index (χ2n) is 3.73. The van der Waals surface area contributed by atoms with Crippen molar-refractivity contribution < 1.29 is 14.1 Å². The van der Waals surface area contributed by atoms with Crippen LogP contribution in [0, 0.1) is 0 Å². The van der Waals surface area contributed by atoms with Crippen LogP contribution in [0.4, 0.5) is 0 Å². The normalized spacial score (nSPS) is 10.1. The summed E-state index contributed by atoms with van der Waals surface area (Å²) in [5.41, 5.74) is 0.203. The summed E-state index contributed by atoms with van der Waals surface area (Å²) < 4.78 is 5.10. The fourth-order valence-corrected chi connectivity index (χ4v) is 2.08. The predicted octanol–water partition coefficient (Wildman–Crippen LogP) is 2.28. The van der Waals surface area contributed by atoms with Crippen LogP contribution in [0.2, 0.25) is 0 Å². The van der Waals surface area contributed by atoms with Gasteiger partial charge in [-0.15, -0.1) is 11.3 Å². The van der Waals surface area contributed by atoms with E-state index < -0.39 is 0 Å². The monoisotopic (exact) mass is 276 g/mol. The molecule has 0 bridgehead atoms. The zero-order chi connectivity index (χ0) is 13.7. The largest absolute Gasteiger partial charge is 0.355 e. The Hall–Kier alpha value is -2.21. The first-order valence-corrected chi connectivity index (χ1v) is 6.52. The Morgan fingerprint density at radius 2 is 2.37 bits per heavy atom. The Morgan fingerprint density at radius 1 is 1.53 bits per heavy atom. The average molecular weight is 276 g/mol. The Bertz CT molecular complexity index is 587. The summed E-state index contributed by atoms with van der Waals surface area (Å²) in [6.45, 7) is 3.61. The zero-order valence-corrected chi connectivity index (χ0v) is 10.9. The van der Waals surface area contributed by atoms with E-state index in [1.807, 2.05) is 17.5 Å². The first-order valence-electron chi connectivity index (χ1n) is 5.65. The number of rotatable bonds is 6. The molecule has 0 spiro atoms. The van der Waals surface area contributed by atoms with Crippen LogP contribution in [0.1, 0.15) is 16.9 Å². The molecule has 0 unspecified atom stereocenters. The molecule has 1 N–H and O–H groups in total. The van der Waals surface area contributed by atoms with Crippen molar-refractivity contribution in [1.82, 2.24) is 10.5 Å². The summed E-state index contributed by atoms with van der Waals surface area (Å²) in [5.74, 6) is 0.0884. The van der Waals surface area contributed by atoms with Gasteiger partial charge in [0.2, 0.25) is 0 Å². The van der Waals surface area contributed by atoms with E-state index in [2.05, 4.69) is 17.1 Å². The van der Waals surface area contributed by atoms with E-state index in [9.17, 15) is 9.59 Å². The lowest BCUT2D eigenvalue weighted by Crippen LogP contribution is -2.25. The van der Waals surface area contributed by atoms with E-state index >= 15 is 0 Å². The molecule has 6 heteroatoms. The molecule has 0 fully saturated rings. The summed E-state index contributed by atoms with van der Waals surface area (Å²) in [7, 11) is 0. The summed E-state index contributed by atoms with van der Waals surface area (Å²) in [5, 5.41) is 8.22. The van der Waals surface area contributed by atoms with E-state index in [-0.39, 0.29) is 30.3 Å². The van der Waals surface area contributed by atoms with E-state index in [1.165, 1.54) is 17.4 Å². The third kappa shape index (κ3) is 3.38. The number of amides is 1. The zero-order valence-electron chi connectivity index (χ0n) is 10.1. The number of carbonyl (C=O) groups excluding carboxylic acids is 2. The molecule has 0 aromatic carbocycles. The van der Waals surface area contributed by atoms with Gasteiger partial charge in [-0.3, -0.25) is 9.59 Å². The van der Waals surface area contributed by atoms with Crippen molar-refractivity contribution in [3.05, 3.63) is 41.9 Å². The SMILES string of the molecule is C=CC(=O)CCNC(=O)c1cc(-c2cccs2)on1. The summed E-state index contributed by atoms with van der Waals surface area (Å²) in [6.07, 6.45) is 1.46. The van der Waals surface area contributed by atoms with Crippen molar-refractivity contribution in [2.75, 3.05) is 6.54 Å². The number of hydrogen-bond donors (Lipinski definition) is 1.